The van der Waals surface area contributed by atoms with Gasteiger partial charge in [0.25, 0.3) is 5.91 Å². The van der Waals surface area contributed by atoms with E-state index in [0.717, 1.165) is 0 Å². The minimum Gasteiger partial charge on any atom is -0.472 e. The summed E-state index contributed by atoms with van der Waals surface area (Å²) in [6.45, 7) is 0.483. The lowest BCUT2D eigenvalue weighted by Crippen LogP contribution is -2.33. The Hall–Kier alpha value is -2.09. The number of fused-ring (bicyclic) bond motifs is 1. The molecule has 5 heteroatoms. The van der Waals surface area contributed by atoms with Crippen LogP contribution in [0.3, 0.4) is 0 Å². The van der Waals surface area contributed by atoms with Crippen molar-refractivity contribution in [3.05, 3.63) is 23.9 Å². The normalized spacial score (nSPS) is 18.9. The maximum absolute atomic E-state index is 12.0. The summed E-state index contributed by atoms with van der Waals surface area (Å²) in [5, 5.41) is 8.58. The van der Waals surface area contributed by atoms with Crippen LogP contribution in [-0.4, -0.2) is 35.5 Å². The van der Waals surface area contributed by atoms with Crippen molar-refractivity contribution in [3.63, 3.8) is 0 Å². The first-order chi connectivity index (χ1) is 8.22. The predicted octanol–water partition coefficient (Wildman–Crippen LogP) is 1.22. The maximum Gasteiger partial charge on any atom is 0.259 e. The number of carbonyl (C=O) groups excluding carboxylic acids is 1. The molecule has 0 radical (unpaired) electrons. The average molecular weight is 231 g/mol. The number of hydrogen-bond acceptors (Lipinski definition) is 4. The van der Waals surface area contributed by atoms with E-state index in [2.05, 4.69) is 11.1 Å². The lowest BCUT2D eigenvalue weighted by atomic mass is 10.2. The van der Waals surface area contributed by atoms with E-state index in [0.29, 0.717) is 30.8 Å². The highest BCUT2D eigenvalue weighted by atomic mass is 16.5. The van der Waals surface area contributed by atoms with Gasteiger partial charge in [0.2, 0.25) is 5.88 Å². The number of likely N-dealkylation sites (N-methyl/N-ethyl adjacent to an activating group) is 1. The molecule has 0 fully saturated rings. The van der Waals surface area contributed by atoms with E-state index < -0.39 is 0 Å². The molecule has 0 saturated heterocycles. The molecule has 5 nitrogen and oxygen atoms in total. The summed E-state index contributed by atoms with van der Waals surface area (Å²) < 4.78 is 5.68. The van der Waals surface area contributed by atoms with Crippen molar-refractivity contribution in [3.8, 4) is 11.9 Å². The molecule has 1 aliphatic rings. The monoisotopic (exact) mass is 231 g/mol. The molecule has 0 bridgehead atoms. The molecule has 0 aliphatic carbocycles. The number of amides is 1. The van der Waals surface area contributed by atoms with E-state index in [1.54, 1.807) is 30.3 Å². The first-order valence-electron chi connectivity index (χ1n) is 5.46. The number of pyridine rings is 1. The number of rotatable bonds is 2. The standard InChI is InChI=1S/C12H13N3O2/c1-15-8-9(4-2-6-13)17-11-10(12(15)16)5-3-7-14-11/h3,5,7,9H,2,4,8H2,1H3. The minimum absolute atomic E-state index is 0.0902. The Morgan fingerprint density at radius 1 is 1.71 bits per heavy atom. The zero-order valence-electron chi connectivity index (χ0n) is 9.59. The third-order valence-corrected chi connectivity index (χ3v) is 2.68. The fourth-order valence-electron chi connectivity index (χ4n) is 1.81. The highest BCUT2D eigenvalue weighted by molar-refractivity contribution is 5.96. The van der Waals surface area contributed by atoms with Gasteiger partial charge in [-0.1, -0.05) is 0 Å². The zero-order valence-corrected chi connectivity index (χ0v) is 9.59. The Morgan fingerprint density at radius 3 is 3.29 bits per heavy atom. The molecule has 1 aromatic rings. The fourth-order valence-corrected chi connectivity index (χ4v) is 1.81. The summed E-state index contributed by atoms with van der Waals surface area (Å²) in [4.78, 5) is 17.7. The molecule has 1 aliphatic heterocycles. The van der Waals surface area contributed by atoms with E-state index in [-0.39, 0.29) is 12.0 Å². The van der Waals surface area contributed by atoms with Gasteiger partial charge in [0, 0.05) is 19.7 Å². The largest absolute Gasteiger partial charge is 0.472 e. The first-order valence-corrected chi connectivity index (χ1v) is 5.46. The smallest absolute Gasteiger partial charge is 0.259 e. The van der Waals surface area contributed by atoms with Crippen LogP contribution in [0.25, 0.3) is 0 Å². The van der Waals surface area contributed by atoms with Crippen LogP contribution in [0.2, 0.25) is 0 Å². The van der Waals surface area contributed by atoms with Crippen LogP contribution in [0.1, 0.15) is 23.2 Å². The molecular formula is C12H13N3O2. The molecule has 88 valence electrons. The Kier molecular flexibility index (Phi) is 3.24. The second kappa shape index (κ2) is 4.83. The Labute approximate surface area is 99.6 Å². The molecule has 0 aromatic carbocycles. The van der Waals surface area contributed by atoms with Crippen LogP contribution in [0.5, 0.6) is 5.88 Å². The van der Waals surface area contributed by atoms with E-state index in [4.69, 9.17) is 10.00 Å². The lowest BCUT2D eigenvalue weighted by Gasteiger charge is -2.18. The fraction of sp³-hybridized carbons (Fsp3) is 0.417. The van der Waals surface area contributed by atoms with E-state index in [1.165, 1.54) is 0 Å². The first kappa shape index (κ1) is 11.4. The van der Waals surface area contributed by atoms with Gasteiger partial charge in [-0.15, -0.1) is 0 Å². The van der Waals surface area contributed by atoms with Crippen molar-refractivity contribution in [2.24, 2.45) is 0 Å². The molecule has 2 rings (SSSR count). The van der Waals surface area contributed by atoms with Crippen LogP contribution >= 0.6 is 0 Å². The highest BCUT2D eigenvalue weighted by Crippen LogP contribution is 2.22. The van der Waals surface area contributed by atoms with Crippen LogP contribution in [0.4, 0.5) is 0 Å². The molecule has 0 N–H and O–H groups in total. The predicted molar refractivity (Wildman–Crippen MR) is 60.5 cm³/mol. The van der Waals surface area contributed by atoms with Gasteiger partial charge in [-0.05, 0) is 18.6 Å². The average Bonchev–Trinajstić information content (AvgIpc) is 2.46. The Balaban J connectivity index is 2.26. The molecule has 0 spiro atoms. The molecule has 2 heterocycles. The molecule has 1 aromatic heterocycles. The molecular weight excluding hydrogens is 218 g/mol. The summed E-state index contributed by atoms with van der Waals surface area (Å²) in [5.74, 6) is 0.275. The zero-order chi connectivity index (χ0) is 12.3. The number of nitrogens with zero attached hydrogens (tertiary/aromatic N) is 3. The second-order valence-electron chi connectivity index (χ2n) is 3.98. The van der Waals surface area contributed by atoms with Crippen molar-refractivity contribution in [2.45, 2.75) is 18.9 Å². The van der Waals surface area contributed by atoms with Crippen molar-refractivity contribution >= 4 is 5.91 Å². The maximum atomic E-state index is 12.0. The number of nitriles is 1. The van der Waals surface area contributed by atoms with Gasteiger partial charge in [0.05, 0.1) is 12.6 Å². The molecule has 17 heavy (non-hydrogen) atoms. The van der Waals surface area contributed by atoms with Gasteiger partial charge in [-0.25, -0.2) is 4.98 Å². The Bertz CT molecular complexity index is 467. The summed E-state index contributed by atoms with van der Waals surface area (Å²) in [6.07, 6.45) is 2.44. The second-order valence-corrected chi connectivity index (χ2v) is 3.98. The van der Waals surface area contributed by atoms with E-state index in [1.807, 2.05) is 0 Å². The molecule has 1 atom stereocenters. The van der Waals surface area contributed by atoms with Crippen LogP contribution in [0, 0.1) is 11.3 Å². The number of hydrogen-bond donors (Lipinski definition) is 0. The van der Waals surface area contributed by atoms with Gasteiger partial charge < -0.3 is 9.64 Å². The van der Waals surface area contributed by atoms with Crippen molar-refractivity contribution in [1.29, 1.82) is 5.26 Å². The van der Waals surface area contributed by atoms with Crippen LogP contribution in [-0.2, 0) is 0 Å². The van der Waals surface area contributed by atoms with Gasteiger partial charge in [0.15, 0.2) is 0 Å². The summed E-state index contributed by atoms with van der Waals surface area (Å²) in [6, 6.07) is 5.50. The van der Waals surface area contributed by atoms with Gasteiger partial charge in [-0.3, -0.25) is 4.79 Å². The highest BCUT2D eigenvalue weighted by Gasteiger charge is 2.26. The molecule has 0 saturated carbocycles. The lowest BCUT2D eigenvalue weighted by molar-refractivity contribution is 0.0755. The van der Waals surface area contributed by atoms with Gasteiger partial charge in [-0.2, -0.15) is 5.26 Å². The van der Waals surface area contributed by atoms with Gasteiger partial charge >= 0.3 is 0 Å². The summed E-state index contributed by atoms with van der Waals surface area (Å²) in [5.41, 5.74) is 0.481. The number of aromatic nitrogens is 1. The van der Waals surface area contributed by atoms with Crippen LogP contribution < -0.4 is 4.74 Å². The Morgan fingerprint density at radius 2 is 2.53 bits per heavy atom. The van der Waals surface area contributed by atoms with E-state index in [9.17, 15) is 4.79 Å². The third kappa shape index (κ3) is 2.36. The van der Waals surface area contributed by atoms with Crippen molar-refractivity contribution in [2.75, 3.05) is 13.6 Å². The summed E-state index contributed by atoms with van der Waals surface area (Å²) >= 11 is 0. The van der Waals surface area contributed by atoms with Gasteiger partial charge in [0.1, 0.15) is 11.7 Å². The van der Waals surface area contributed by atoms with E-state index >= 15 is 0 Å². The number of ether oxygens (including phenoxy) is 1. The third-order valence-electron chi connectivity index (χ3n) is 2.68. The molecule has 1 amide bonds. The van der Waals surface area contributed by atoms with Crippen LogP contribution in [0.15, 0.2) is 18.3 Å². The molecule has 1 unspecified atom stereocenters. The van der Waals surface area contributed by atoms with Crippen molar-refractivity contribution < 1.29 is 9.53 Å². The SMILES string of the molecule is CN1CC(CCC#N)Oc2ncccc2C1=O. The van der Waals surface area contributed by atoms with Crippen molar-refractivity contribution in [1.82, 2.24) is 9.88 Å². The number of carbonyl (C=O) groups is 1. The minimum atomic E-state index is -0.167. The quantitative estimate of drug-likeness (QED) is 0.767. The topological polar surface area (TPSA) is 66.2 Å². The summed E-state index contributed by atoms with van der Waals surface area (Å²) in [7, 11) is 1.73.